The number of rotatable bonds is 6. The smallest absolute Gasteiger partial charge is 0.332 e. The average Bonchev–Trinajstić information content (AvgIpc) is 2.71. The van der Waals surface area contributed by atoms with Crippen molar-refractivity contribution >= 4 is 23.5 Å². The molecule has 1 fully saturated rings. The van der Waals surface area contributed by atoms with Gasteiger partial charge in [0.15, 0.2) is 0 Å². The molecule has 2 rings (SSSR count). The molecule has 0 aromatic heterocycles. The summed E-state index contributed by atoms with van der Waals surface area (Å²) in [6.45, 7) is 6.12. The minimum atomic E-state index is -0.603. The number of nitrogens with zero attached hydrogens (tertiary/aromatic N) is 2. The van der Waals surface area contributed by atoms with Crippen LogP contribution in [0, 0.1) is 5.92 Å². The first kappa shape index (κ1) is 17.0. The van der Waals surface area contributed by atoms with Crippen molar-refractivity contribution in [3.63, 3.8) is 0 Å². The molecule has 1 aromatic carbocycles. The predicted octanol–water partition coefficient (Wildman–Crippen LogP) is 2.01. The second-order valence-electron chi connectivity index (χ2n) is 6.12. The largest absolute Gasteiger partial charge is 0.355 e. The number of urea groups is 1. The molecule has 0 radical (unpaired) electrons. The van der Waals surface area contributed by atoms with Gasteiger partial charge in [-0.05, 0) is 31.4 Å². The third kappa shape index (κ3) is 3.88. The first-order valence-electron chi connectivity index (χ1n) is 7.88. The average molecular weight is 317 g/mol. The molecule has 6 nitrogen and oxygen atoms in total. The third-order valence-corrected chi connectivity index (χ3v) is 3.83. The van der Waals surface area contributed by atoms with Crippen molar-refractivity contribution in [1.29, 1.82) is 0 Å². The van der Waals surface area contributed by atoms with Gasteiger partial charge in [0.05, 0.1) is 0 Å². The SMILES string of the molecule is CC(C)CCNC(=O)CN1C(=O)[C@H](C)N(c2ccccc2)C1=O. The van der Waals surface area contributed by atoms with E-state index in [4.69, 9.17) is 0 Å². The molecule has 0 spiro atoms. The van der Waals surface area contributed by atoms with E-state index < -0.39 is 12.1 Å². The summed E-state index contributed by atoms with van der Waals surface area (Å²) in [5, 5.41) is 2.75. The summed E-state index contributed by atoms with van der Waals surface area (Å²) < 4.78 is 0. The molecular weight excluding hydrogens is 294 g/mol. The summed E-state index contributed by atoms with van der Waals surface area (Å²) >= 11 is 0. The van der Waals surface area contributed by atoms with Crippen LogP contribution in [-0.2, 0) is 9.59 Å². The molecule has 0 unspecified atom stereocenters. The molecule has 1 atom stereocenters. The lowest BCUT2D eigenvalue weighted by molar-refractivity contribution is -0.131. The molecule has 4 amide bonds. The first-order valence-corrected chi connectivity index (χ1v) is 7.88. The number of anilines is 1. The Morgan fingerprint density at radius 1 is 1.22 bits per heavy atom. The van der Waals surface area contributed by atoms with Crippen molar-refractivity contribution in [3.05, 3.63) is 30.3 Å². The molecule has 23 heavy (non-hydrogen) atoms. The Morgan fingerprint density at radius 2 is 1.87 bits per heavy atom. The Hall–Kier alpha value is -2.37. The number of hydrogen-bond acceptors (Lipinski definition) is 3. The minimum Gasteiger partial charge on any atom is -0.355 e. The summed E-state index contributed by atoms with van der Waals surface area (Å²) in [6.07, 6.45) is 0.861. The maximum Gasteiger partial charge on any atom is 0.332 e. The number of imide groups is 1. The molecule has 1 aliphatic rings. The van der Waals surface area contributed by atoms with Crippen molar-refractivity contribution in [2.45, 2.75) is 33.2 Å². The second-order valence-corrected chi connectivity index (χ2v) is 6.12. The summed E-state index contributed by atoms with van der Waals surface area (Å²) in [4.78, 5) is 39.2. The summed E-state index contributed by atoms with van der Waals surface area (Å²) in [7, 11) is 0. The van der Waals surface area contributed by atoms with Crippen molar-refractivity contribution in [2.24, 2.45) is 5.92 Å². The van der Waals surface area contributed by atoms with Gasteiger partial charge in [0.2, 0.25) is 5.91 Å². The fourth-order valence-electron chi connectivity index (χ4n) is 2.49. The van der Waals surface area contributed by atoms with Crippen molar-refractivity contribution in [3.8, 4) is 0 Å². The summed E-state index contributed by atoms with van der Waals surface area (Å²) in [6, 6.07) is 7.95. The van der Waals surface area contributed by atoms with E-state index in [2.05, 4.69) is 19.2 Å². The van der Waals surface area contributed by atoms with E-state index in [-0.39, 0.29) is 18.4 Å². The van der Waals surface area contributed by atoms with E-state index in [1.54, 1.807) is 31.2 Å². The van der Waals surface area contributed by atoms with Crippen molar-refractivity contribution < 1.29 is 14.4 Å². The van der Waals surface area contributed by atoms with Gasteiger partial charge in [0.25, 0.3) is 5.91 Å². The Kier molecular flexibility index (Phi) is 5.36. The lowest BCUT2D eigenvalue weighted by Crippen LogP contribution is -2.41. The van der Waals surface area contributed by atoms with Crippen LogP contribution < -0.4 is 10.2 Å². The Morgan fingerprint density at radius 3 is 2.48 bits per heavy atom. The zero-order chi connectivity index (χ0) is 17.0. The molecule has 0 bridgehead atoms. The highest BCUT2D eigenvalue weighted by Crippen LogP contribution is 2.25. The van der Waals surface area contributed by atoms with Gasteiger partial charge in [-0.1, -0.05) is 32.0 Å². The van der Waals surface area contributed by atoms with Gasteiger partial charge in [-0.15, -0.1) is 0 Å². The second kappa shape index (κ2) is 7.26. The Bertz CT molecular complexity index is 586. The van der Waals surface area contributed by atoms with Crippen LogP contribution in [0.3, 0.4) is 0 Å². The van der Waals surface area contributed by atoms with E-state index >= 15 is 0 Å². The number of benzene rings is 1. The van der Waals surface area contributed by atoms with E-state index in [1.165, 1.54) is 4.90 Å². The highest BCUT2D eigenvalue weighted by molar-refractivity contribution is 6.15. The number of carbonyl (C=O) groups is 3. The zero-order valence-electron chi connectivity index (χ0n) is 13.8. The van der Waals surface area contributed by atoms with Crippen LogP contribution in [0.4, 0.5) is 10.5 Å². The van der Waals surface area contributed by atoms with Crippen molar-refractivity contribution in [1.82, 2.24) is 10.2 Å². The van der Waals surface area contributed by atoms with Gasteiger partial charge in [0.1, 0.15) is 12.6 Å². The van der Waals surface area contributed by atoms with Crippen LogP contribution in [-0.4, -0.2) is 41.9 Å². The van der Waals surface area contributed by atoms with Gasteiger partial charge >= 0.3 is 6.03 Å². The molecule has 1 N–H and O–H groups in total. The normalized spacial score (nSPS) is 18.0. The molecule has 1 heterocycles. The predicted molar refractivity (Wildman–Crippen MR) is 88.0 cm³/mol. The maximum atomic E-state index is 12.5. The van der Waals surface area contributed by atoms with Crippen LogP contribution in [0.1, 0.15) is 27.2 Å². The summed E-state index contributed by atoms with van der Waals surface area (Å²) in [5.41, 5.74) is 0.654. The lowest BCUT2D eigenvalue weighted by atomic mass is 10.1. The van der Waals surface area contributed by atoms with Crippen LogP contribution in [0.2, 0.25) is 0 Å². The van der Waals surface area contributed by atoms with Crippen LogP contribution in [0.15, 0.2) is 30.3 Å². The zero-order valence-corrected chi connectivity index (χ0v) is 13.8. The van der Waals surface area contributed by atoms with E-state index in [0.29, 0.717) is 18.2 Å². The maximum absolute atomic E-state index is 12.5. The fourth-order valence-corrected chi connectivity index (χ4v) is 2.49. The standard InChI is InChI=1S/C17H23N3O3/c1-12(2)9-10-18-15(21)11-19-16(22)13(3)20(17(19)23)14-7-5-4-6-8-14/h4-8,12-13H,9-11H2,1-3H3,(H,18,21)/t13-/m0/s1. The van der Waals surface area contributed by atoms with Crippen LogP contribution >= 0.6 is 0 Å². The monoisotopic (exact) mass is 317 g/mol. The molecule has 0 saturated carbocycles. The van der Waals surface area contributed by atoms with E-state index in [0.717, 1.165) is 11.3 Å². The highest BCUT2D eigenvalue weighted by atomic mass is 16.2. The number of nitrogens with one attached hydrogen (secondary N) is 1. The highest BCUT2D eigenvalue weighted by Gasteiger charge is 2.43. The van der Waals surface area contributed by atoms with Crippen LogP contribution in [0.5, 0.6) is 0 Å². The lowest BCUT2D eigenvalue weighted by Gasteiger charge is -2.19. The van der Waals surface area contributed by atoms with Crippen LogP contribution in [0.25, 0.3) is 0 Å². The topological polar surface area (TPSA) is 69.7 Å². The van der Waals surface area contributed by atoms with Gasteiger partial charge in [-0.25, -0.2) is 4.79 Å². The Labute approximate surface area is 136 Å². The van der Waals surface area contributed by atoms with E-state index in [1.807, 2.05) is 6.07 Å². The molecule has 1 aliphatic heterocycles. The van der Waals surface area contributed by atoms with Gasteiger partial charge < -0.3 is 5.32 Å². The quantitative estimate of drug-likeness (QED) is 0.816. The number of para-hydroxylation sites is 1. The Balaban J connectivity index is 2.02. The molecule has 1 aromatic rings. The van der Waals surface area contributed by atoms with Gasteiger partial charge in [-0.2, -0.15) is 0 Å². The van der Waals surface area contributed by atoms with E-state index in [9.17, 15) is 14.4 Å². The minimum absolute atomic E-state index is 0.233. The van der Waals surface area contributed by atoms with Crippen molar-refractivity contribution in [2.75, 3.05) is 18.0 Å². The fraction of sp³-hybridized carbons (Fsp3) is 0.471. The van der Waals surface area contributed by atoms with Gasteiger partial charge in [0, 0.05) is 12.2 Å². The van der Waals surface area contributed by atoms with Gasteiger partial charge in [-0.3, -0.25) is 19.4 Å². The third-order valence-electron chi connectivity index (χ3n) is 3.83. The molecule has 124 valence electrons. The first-order chi connectivity index (χ1) is 10.9. The summed E-state index contributed by atoms with van der Waals surface area (Å²) in [5.74, 6) is -0.175. The molecule has 6 heteroatoms. The molecule has 0 aliphatic carbocycles. The number of hydrogen-bond donors (Lipinski definition) is 1. The number of carbonyl (C=O) groups excluding carboxylic acids is 3. The molecular formula is C17H23N3O3. The molecule has 1 saturated heterocycles. The number of amides is 4.